The van der Waals surface area contributed by atoms with Gasteiger partial charge in [-0.15, -0.1) is 0 Å². The molecule has 0 radical (unpaired) electrons. The topological polar surface area (TPSA) is 51.8 Å². The average Bonchev–Trinajstić information content (AvgIpc) is 3.66. The fourth-order valence-corrected chi connectivity index (χ4v) is 7.34. The van der Waals surface area contributed by atoms with E-state index in [0.29, 0.717) is 17.5 Å². The van der Waals surface area contributed by atoms with Crippen LogP contribution in [-0.4, -0.2) is 15.0 Å². The SMILES string of the molecule is c1ccc(-c2ccc(-c3ccc(-c4ccc5oc6cccc(-c7nc(-c8ccccc8)nc(-c8cccc(-c9ccccc9)c8)n7)c6c5c4)cc3)cc2)cc1. The molecular formula is C51H33N3O. The van der Waals surface area contributed by atoms with Gasteiger partial charge in [-0.05, 0) is 68.8 Å². The zero-order valence-electron chi connectivity index (χ0n) is 29.8. The van der Waals surface area contributed by atoms with E-state index in [4.69, 9.17) is 19.4 Å². The Kier molecular flexibility index (Phi) is 8.12. The Morgan fingerprint density at radius 2 is 0.691 bits per heavy atom. The van der Waals surface area contributed by atoms with Crippen molar-refractivity contribution in [1.29, 1.82) is 0 Å². The fraction of sp³-hybridized carbons (Fsp3) is 0. The molecule has 2 aromatic heterocycles. The summed E-state index contributed by atoms with van der Waals surface area (Å²) in [5.41, 5.74) is 13.6. The first-order valence-electron chi connectivity index (χ1n) is 18.4. The lowest BCUT2D eigenvalue weighted by atomic mass is 9.97. The van der Waals surface area contributed by atoms with E-state index < -0.39 is 0 Å². The van der Waals surface area contributed by atoms with Gasteiger partial charge in [0.25, 0.3) is 0 Å². The van der Waals surface area contributed by atoms with Gasteiger partial charge in [-0.3, -0.25) is 0 Å². The van der Waals surface area contributed by atoms with Gasteiger partial charge >= 0.3 is 0 Å². The van der Waals surface area contributed by atoms with Crippen LogP contribution in [0.15, 0.2) is 205 Å². The summed E-state index contributed by atoms with van der Waals surface area (Å²) in [6.07, 6.45) is 0. The van der Waals surface area contributed by atoms with E-state index in [0.717, 1.165) is 60.9 Å². The highest BCUT2D eigenvalue weighted by molar-refractivity contribution is 6.12. The average molecular weight is 704 g/mol. The van der Waals surface area contributed by atoms with Crippen LogP contribution in [0.5, 0.6) is 0 Å². The molecule has 10 rings (SSSR count). The largest absolute Gasteiger partial charge is 0.456 e. The predicted octanol–water partition coefficient (Wildman–Crippen LogP) is 13.4. The van der Waals surface area contributed by atoms with Crippen LogP contribution in [0.4, 0.5) is 0 Å². The van der Waals surface area contributed by atoms with E-state index in [1.165, 1.54) is 22.3 Å². The molecule has 0 fully saturated rings. The summed E-state index contributed by atoms with van der Waals surface area (Å²) in [5.74, 6) is 1.82. The summed E-state index contributed by atoms with van der Waals surface area (Å²) < 4.78 is 6.45. The number of hydrogen-bond acceptors (Lipinski definition) is 4. The van der Waals surface area contributed by atoms with Crippen molar-refractivity contribution in [1.82, 2.24) is 15.0 Å². The van der Waals surface area contributed by atoms with E-state index in [1.54, 1.807) is 0 Å². The molecule has 0 saturated heterocycles. The van der Waals surface area contributed by atoms with Gasteiger partial charge < -0.3 is 4.42 Å². The first-order valence-corrected chi connectivity index (χ1v) is 18.4. The van der Waals surface area contributed by atoms with Gasteiger partial charge in [0.15, 0.2) is 17.5 Å². The van der Waals surface area contributed by atoms with Gasteiger partial charge in [0.2, 0.25) is 0 Å². The molecule has 258 valence electrons. The van der Waals surface area contributed by atoms with E-state index >= 15 is 0 Å². The lowest BCUT2D eigenvalue weighted by Gasteiger charge is -2.10. The maximum Gasteiger partial charge on any atom is 0.164 e. The monoisotopic (exact) mass is 703 g/mol. The Labute approximate surface area is 319 Å². The molecule has 0 saturated carbocycles. The van der Waals surface area contributed by atoms with E-state index in [1.807, 2.05) is 54.6 Å². The van der Waals surface area contributed by atoms with Gasteiger partial charge in [-0.2, -0.15) is 0 Å². The van der Waals surface area contributed by atoms with Crippen LogP contribution < -0.4 is 0 Å². The molecular weight excluding hydrogens is 671 g/mol. The predicted molar refractivity (Wildman–Crippen MR) is 225 cm³/mol. The Hall–Kier alpha value is -7.43. The zero-order valence-corrected chi connectivity index (χ0v) is 29.8. The molecule has 0 bridgehead atoms. The summed E-state index contributed by atoms with van der Waals surface area (Å²) >= 11 is 0. The Bertz CT molecular complexity index is 2940. The molecule has 4 heteroatoms. The summed E-state index contributed by atoms with van der Waals surface area (Å²) in [4.78, 5) is 15.3. The number of benzene rings is 8. The Morgan fingerprint density at radius 1 is 0.273 bits per heavy atom. The summed E-state index contributed by atoms with van der Waals surface area (Å²) in [7, 11) is 0. The van der Waals surface area contributed by atoms with Crippen LogP contribution >= 0.6 is 0 Å². The molecule has 0 spiro atoms. The van der Waals surface area contributed by atoms with Crippen LogP contribution in [-0.2, 0) is 0 Å². The molecule has 10 aromatic rings. The number of rotatable bonds is 7. The van der Waals surface area contributed by atoms with Crippen LogP contribution in [0.2, 0.25) is 0 Å². The zero-order chi connectivity index (χ0) is 36.6. The van der Waals surface area contributed by atoms with Crippen molar-refractivity contribution in [2.24, 2.45) is 0 Å². The third-order valence-electron chi connectivity index (χ3n) is 10.2. The molecule has 0 amide bonds. The van der Waals surface area contributed by atoms with Crippen LogP contribution in [0.3, 0.4) is 0 Å². The Balaban J connectivity index is 1.05. The maximum absolute atomic E-state index is 6.45. The summed E-state index contributed by atoms with van der Waals surface area (Å²) in [6.45, 7) is 0. The standard InChI is InChI=1S/C51H33N3O/c1-4-12-34(13-5-1)36-22-24-37(25-23-36)38-26-28-39(29-27-38)42-30-31-46-45(33-42)48-44(20-11-21-47(48)55-46)51-53-49(40-16-8-3-9-17-40)52-50(54-51)43-19-10-18-41(32-43)35-14-6-2-7-15-35/h1-33H. The van der Waals surface area contributed by atoms with Gasteiger partial charge in [-0.25, -0.2) is 15.0 Å². The lowest BCUT2D eigenvalue weighted by molar-refractivity contribution is 0.669. The van der Waals surface area contributed by atoms with Crippen molar-refractivity contribution < 1.29 is 4.42 Å². The molecule has 0 unspecified atom stereocenters. The van der Waals surface area contributed by atoms with Gasteiger partial charge in [-0.1, -0.05) is 176 Å². The van der Waals surface area contributed by atoms with Crippen molar-refractivity contribution in [3.05, 3.63) is 200 Å². The molecule has 0 aliphatic rings. The first kappa shape index (κ1) is 32.2. The molecule has 2 heterocycles. The molecule has 55 heavy (non-hydrogen) atoms. The van der Waals surface area contributed by atoms with Crippen LogP contribution in [0.25, 0.3) is 101 Å². The highest BCUT2D eigenvalue weighted by Crippen LogP contribution is 2.39. The molecule has 0 aliphatic heterocycles. The van der Waals surface area contributed by atoms with Gasteiger partial charge in [0.1, 0.15) is 11.2 Å². The van der Waals surface area contributed by atoms with Crippen molar-refractivity contribution in [3.8, 4) is 78.7 Å². The number of hydrogen-bond donors (Lipinski definition) is 0. The highest BCUT2D eigenvalue weighted by atomic mass is 16.3. The smallest absolute Gasteiger partial charge is 0.164 e. The number of furan rings is 1. The summed E-state index contributed by atoms with van der Waals surface area (Å²) in [5, 5.41) is 1.99. The van der Waals surface area contributed by atoms with Gasteiger partial charge in [0, 0.05) is 27.5 Å². The van der Waals surface area contributed by atoms with E-state index in [9.17, 15) is 0 Å². The number of aromatic nitrogens is 3. The minimum Gasteiger partial charge on any atom is -0.456 e. The second-order valence-electron chi connectivity index (χ2n) is 13.6. The fourth-order valence-electron chi connectivity index (χ4n) is 7.34. The van der Waals surface area contributed by atoms with Crippen molar-refractivity contribution in [3.63, 3.8) is 0 Å². The van der Waals surface area contributed by atoms with Crippen molar-refractivity contribution in [2.75, 3.05) is 0 Å². The maximum atomic E-state index is 6.45. The highest BCUT2D eigenvalue weighted by Gasteiger charge is 2.19. The van der Waals surface area contributed by atoms with Crippen molar-refractivity contribution in [2.45, 2.75) is 0 Å². The molecule has 4 nitrogen and oxygen atoms in total. The molecule has 0 N–H and O–H groups in total. The third-order valence-corrected chi connectivity index (χ3v) is 10.2. The van der Waals surface area contributed by atoms with Crippen LogP contribution in [0.1, 0.15) is 0 Å². The molecule has 0 aliphatic carbocycles. The second-order valence-corrected chi connectivity index (χ2v) is 13.6. The normalized spacial score (nSPS) is 11.3. The number of nitrogens with zero attached hydrogens (tertiary/aromatic N) is 3. The van der Waals surface area contributed by atoms with Crippen molar-refractivity contribution >= 4 is 21.9 Å². The molecule has 8 aromatic carbocycles. The second kappa shape index (κ2) is 13.8. The van der Waals surface area contributed by atoms with E-state index in [2.05, 4.69) is 146 Å². The summed E-state index contributed by atoms with van der Waals surface area (Å²) in [6, 6.07) is 69.4. The van der Waals surface area contributed by atoms with Crippen LogP contribution in [0, 0.1) is 0 Å². The van der Waals surface area contributed by atoms with E-state index in [-0.39, 0.29) is 0 Å². The Morgan fingerprint density at radius 3 is 1.31 bits per heavy atom. The minimum atomic E-state index is 0.593. The third kappa shape index (κ3) is 6.26. The molecule has 0 atom stereocenters. The van der Waals surface area contributed by atoms with Gasteiger partial charge in [0.05, 0.1) is 0 Å². The minimum absolute atomic E-state index is 0.593. The lowest BCUT2D eigenvalue weighted by Crippen LogP contribution is -2.00. The number of fused-ring (bicyclic) bond motifs is 3. The first-order chi connectivity index (χ1) is 27.2. The quantitative estimate of drug-likeness (QED) is 0.166.